The standard InChI is InChI=1S/C13H20N4O3/c1-8-5-9(10(6-8)13(19)20)12(18)14-4-3-11-15-7-17(2)16-11/h7-10H,3-6H2,1-2H3,(H,14,18)(H,19,20). The molecule has 2 N–H and O–H groups in total. The highest BCUT2D eigenvalue weighted by molar-refractivity contribution is 5.85. The maximum Gasteiger partial charge on any atom is 0.307 e. The number of nitrogens with zero attached hydrogens (tertiary/aromatic N) is 3. The molecule has 1 fully saturated rings. The molecule has 1 amide bonds. The molecule has 110 valence electrons. The number of carboxylic acid groups (broad SMARTS) is 1. The second-order valence-electron chi connectivity index (χ2n) is 5.50. The van der Waals surface area contributed by atoms with Crippen LogP contribution in [0.5, 0.6) is 0 Å². The molecule has 1 aromatic rings. The highest BCUT2D eigenvalue weighted by atomic mass is 16.4. The summed E-state index contributed by atoms with van der Waals surface area (Å²) >= 11 is 0. The number of aliphatic carboxylic acids is 1. The Balaban J connectivity index is 1.83. The summed E-state index contributed by atoms with van der Waals surface area (Å²) in [6.45, 7) is 2.42. The van der Waals surface area contributed by atoms with Gasteiger partial charge >= 0.3 is 5.97 Å². The first-order chi connectivity index (χ1) is 9.47. The van der Waals surface area contributed by atoms with Gasteiger partial charge < -0.3 is 10.4 Å². The third kappa shape index (κ3) is 3.34. The zero-order valence-electron chi connectivity index (χ0n) is 11.7. The third-order valence-corrected chi connectivity index (χ3v) is 3.75. The monoisotopic (exact) mass is 280 g/mol. The number of hydrogen-bond acceptors (Lipinski definition) is 4. The Morgan fingerprint density at radius 3 is 2.75 bits per heavy atom. The van der Waals surface area contributed by atoms with Crippen LogP contribution in [0.1, 0.15) is 25.6 Å². The minimum atomic E-state index is -0.874. The van der Waals surface area contributed by atoms with E-state index in [1.165, 1.54) is 0 Å². The molecule has 1 aliphatic rings. The fourth-order valence-electron chi connectivity index (χ4n) is 2.78. The molecule has 7 nitrogen and oxygen atoms in total. The van der Waals surface area contributed by atoms with E-state index in [0.717, 1.165) is 0 Å². The van der Waals surface area contributed by atoms with Crippen molar-refractivity contribution in [2.45, 2.75) is 26.2 Å². The van der Waals surface area contributed by atoms with Crippen molar-refractivity contribution < 1.29 is 14.7 Å². The van der Waals surface area contributed by atoms with Gasteiger partial charge in [-0.25, -0.2) is 4.98 Å². The minimum Gasteiger partial charge on any atom is -0.481 e. The van der Waals surface area contributed by atoms with Crippen molar-refractivity contribution in [3.8, 4) is 0 Å². The lowest BCUT2D eigenvalue weighted by molar-refractivity contribution is -0.146. The Kier molecular flexibility index (Phi) is 4.36. The maximum atomic E-state index is 12.1. The van der Waals surface area contributed by atoms with Crippen LogP contribution in [-0.2, 0) is 23.1 Å². The first kappa shape index (κ1) is 14.5. The SMILES string of the molecule is CC1CC(C(=O)O)C(C(=O)NCCc2ncn(C)n2)C1. The van der Waals surface area contributed by atoms with Gasteiger partial charge in [0.2, 0.25) is 5.91 Å². The summed E-state index contributed by atoms with van der Waals surface area (Å²) in [5, 5.41) is 16.1. The van der Waals surface area contributed by atoms with Crippen molar-refractivity contribution in [3.63, 3.8) is 0 Å². The summed E-state index contributed by atoms with van der Waals surface area (Å²) in [4.78, 5) is 27.3. The summed E-state index contributed by atoms with van der Waals surface area (Å²) < 4.78 is 1.61. The van der Waals surface area contributed by atoms with Crippen molar-refractivity contribution >= 4 is 11.9 Å². The summed E-state index contributed by atoms with van der Waals surface area (Å²) in [5.74, 6) is -1.07. The molecule has 1 aromatic heterocycles. The smallest absolute Gasteiger partial charge is 0.307 e. The Labute approximate surface area is 117 Å². The lowest BCUT2D eigenvalue weighted by Crippen LogP contribution is -2.36. The van der Waals surface area contributed by atoms with Crippen LogP contribution in [0.25, 0.3) is 0 Å². The molecular weight excluding hydrogens is 260 g/mol. The normalized spacial score (nSPS) is 25.6. The molecule has 3 atom stereocenters. The highest BCUT2D eigenvalue weighted by Crippen LogP contribution is 2.36. The van der Waals surface area contributed by atoms with E-state index < -0.39 is 17.8 Å². The predicted octanol–water partition coefficient (Wildman–Crippen LogP) is 0.221. The number of aryl methyl sites for hydroxylation is 1. The fourth-order valence-corrected chi connectivity index (χ4v) is 2.78. The molecule has 0 radical (unpaired) electrons. The average Bonchev–Trinajstić information content (AvgIpc) is 2.95. The lowest BCUT2D eigenvalue weighted by atomic mass is 9.95. The van der Waals surface area contributed by atoms with E-state index in [4.69, 9.17) is 5.11 Å². The van der Waals surface area contributed by atoms with Crippen molar-refractivity contribution in [1.29, 1.82) is 0 Å². The molecule has 7 heteroatoms. The molecular formula is C13H20N4O3. The van der Waals surface area contributed by atoms with Gasteiger partial charge in [-0.15, -0.1) is 0 Å². The van der Waals surface area contributed by atoms with Crippen molar-refractivity contribution in [2.75, 3.05) is 6.54 Å². The quantitative estimate of drug-likeness (QED) is 0.804. The van der Waals surface area contributed by atoms with E-state index in [9.17, 15) is 9.59 Å². The van der Waals surface area contributed by atoms with Gasteiger partial charge in [-0.05, 0) is 18.8 Å². The second-order valence-corrected chi connectivity index (χ2v) is 5.50. The van der Waals surface area contributed by atoms with E-state index >= 15 is 0 Å². The number of carbonyl (C=O) groups excluding carboxylic acids is 1. The molecule has 0 aromatic carbocycles. The van der Waals surface area contributed by atoms with E-state index in [1.807, 2.05) is 6.92 Å². The Hall–Kier alpha value is -1.92. The zero-order chi connectivity index (χ0) is 14.7. The Morgan fingerprint density at radius 2 is 2.15 bits per heavy atom. The van der Waals surface area contributed by atoms with Gasteiger partial charge in [0, 0.05) is 20.0 Å². The number of amides is 1. The summed E-state index contributed by atoms with van der Waals surface area (Å²) in [7, 11) is 1.78. The largest absolute Gasteiger partial charge is 0.481 e. The van der Waals surface area contributed by atoms with E-state index in [-0.39, 0.29) is 11.8 Å². The highest BCUT2D eigenvalue weighted by Gasteiger charge is 2.40. The number of carbonyl (C=O) groups is 2. The molecule has 0 spiro atoms. The molecule has 1 saturated carbocycles. The molecule has 0 bridgehead atoms. The van der Waals surface area contributed by atoms with E-state index in [1.54, 1.807) is 18.1 Å². The van der Waals surface area contributed by atoms with Crippen LogP contribution in [0.4, 0.5) is 0 Å². The number of aromatic nitrogens is 3. The van der Waals surface area contributed by atoms with Crippen molar-refractivity contribution in [3.05, 3.63) is 12.2 Å². The first-order valence-electron chi connectivity index (χ1n) is 6.82. The van der Waals surface area contributed by atoms with Gasteiger partial charge in [-0.3, -0.25) is 14.3 Å². The van der Waals surface area contributed by atoms with Gasteiger partial charge in [0.15, 0.2) is 5.82 Å². The third-order valence-electron chi connectivity index (χ3n) is 3.75. The minimum absolute atomic E-state index is 0.169. The maximum absolute atomic E-state index is 12.1. The number of nitrogens with one attached hydrogen (secondary N) is 1. The molecule has 1 heterocycles. The van der Waals surface area contributed by atoms with Crippen LogP contribution in [0, 0.1) is 17.8 Å². The molecule has 0 aliphatic heterocycles. The molecule has 20 heavy (non-hydrogen) atoms. The zero-order valence-corrected chi connectivity index (χ0v) is 11.7. The van der Waals surface area contributed by atoms with Crippen LogP contribution < -0.4 is 5.32 Å². The van der Waals surface area contributed by atoms with Crippen LogP contribution in [0.3, 0.4) is 0 Å². The van der Waals surface area contributed by atoms with Gasteiger partial charge in [0.05, 0.1) is 11.8 Å². The van der Waals surface area contributed by atoms with Crippen LogP contribution >= 0.6 is 0 Å². The Bertz CT molecular complexity index is 500. The first-order valence-corrected chi connectivity index (χ1v) is 6.82. The van der Waals surface area contributed by atoms with Gasteiger partial charge in [0.1, 0.15) is 6.33 Å². The average molecular weight is 280 g/mol. The van der Waals surface area contributed by atoms with Crippen LogP contribution in [-0.4, -0.2) is 38.3 Å². The second kappa shape index (κ2) is 6.02. The summed E-state index contributed by atoms with van der Waals surface area (Å²) in [6, 6.07) is 0. The fraction of sp³-hybridized carbons (Fsp3) is 0.692. The van der Waals surface area contributed by atoms with Gasteiger partial charge in [-0.1, -0.05) is 6.92 Å². The molecule has 1 aliphatic carbocycles. The van der Waals surface area contributed by atoms with Crippen molar-refractivity contribution in [2.24, 2.45) is 24.8 Å². The lowest BCUT2D eigenvalue weighted by Gasteiger charge is -2.15. The molecule has 2 rings (SSSR count). The molecule has 3 unspecified atom stereocenters. The number of hydrogen-bond donors (Lipinski definition) is 2. The predicted molar refractivity (Wildman–Crippen MR) is 70.7 cm³/mol. The summed E-state index contributed by atoms with van der Waals surface area (Å²) in [5.41, 5.74) is 0. The number of rotatable bonds is 5. The van der Waals surface area contributed by atoms with Gasteiger partial charge in [0.25, 0.3) is 0 Å². The van der Waals surface area contributed by atoms with E-state index in [2.05, 4.69) is 15.4 Å². The van der Waals surface area contributed by atoms with Gasteiger partial charge in [-0.2, -0.15) is 5.10 Å². The molecule has 0 saturated heterocycles. The van der Waals surface area contributed by atoms with Crippen LogP contribution in [0.2, 0.25) is 0 Å². The van der Waals surface area contributed by atoms with Crippen molar-refractivity contribution in [1.82, 2.24) is 20.1 Å². The Morgan fingerprint density at radius 1 is 1.45 bits per heavy atom. The topological polar surface area (TPSA) is 97.1 Å². The summed E-state index contributed by atoms with van der Waals surface area (Å²) in [6.07, 6.45) is 3.38. The van der Waals surface area contributed by atoms with E-state index in [0.29, 0.717) is 31.6 Å². The van der Waals surface area contributed by atoms with Crippen LogP contribution in [0.15, 0.2) is 6.33 Å². The number of carboxylic acids is 1.